The van der Waals surface area contributed by atoms with Crippen molar-refractivity contribution >= 4 is 5.57 Å². The molecule has 2 atom stereocenters. The first-order valence-electron chi connectivity index (χ1n) is 8.66. The molecule has 2 bridgehead atoms. The summed E-state index contributed by atoms with van der Waals surface area (Å²) >= 11 is 0. The van der Waals surface area contributed by atoms with Crippen LogP contribution in [0, 0.1) is 11.6 Å². The lowest BCUT2D eigenvalue weighted by Crippen LogP contribution is -2.47. The van der Waals surface area contributed by atoms with Crippen molar-refractivity contribution < 1.29 is 8.78 Å². The Balaban J connectivity index is 1.61. The van der Waals surface area contributed by atoms with E-state index in [1.165, 1.54) is 30.5 Å². The molecule has 2 aliphatic heterocycles. The van der Waals surface area contributed by atoms with Crippen LogP contribution < -0.4 is 0 Å². The number of halogens is 2. The summed E-state index contributed by atoms with van der Waals surface area (Å²) in [5.41, 5.74) is 3.32. The van der Waals surface area contributed by atoms with Gasteiger partial charge in [-0.15, -0.1) is 0 Å². The number of rotatable bonds is 3. The van der Waals surface area contributed by atoms with Crippen LogP contribution in [0.4, 0.5) is 8.78 Å². The Morgan fingerprint density at radius 2 is 1.79 bits per heavy atom. The fraction of sp³-hybridized carbons (Fsp3) is 0.333. The van der Waals surface area contributed by atoms with Crippen molar-refractivity contribution in [2.75, 3.05) is 0 Å². The second-order valence-corrected chi connectivity index (χ2v) is 6.83. The van der Waals surface area contributed by atoms with Crippen LogP contribution in [-0.4, -0.2) is 17.0 Å². The lowest BCUT2D eigenvalue weighted by molar-refractivity contribution is 0.0951. The van der Waals surface area contributed by atoms with E-state index in [9.17, 15) is 8.78 Å². The first-order chi connectivity index (χ1) is 11.7. The van der Waals surface area contributed by atoms with Gasteiger partial charge in [-0.3, -0.25) is 4.90 Å². The number of fused-ring (bicyclic) bond motifs is 2. The highest BCUT2D eigenvalue weighted by atomic mass is 19.2. The molecule has 2 aromatic rings. The Morgan fingerprint density at radius 3 is 2.54 bits per heavy atom. The van der Waals surface area contributed by atoms with Crippen LogP contribution >= 0.6 is 0 Å². The zero-order chi connectivity index (χ0) is 16.5. The van der Waals surface area contributed by atoms with Crippen LogP contribution in [0.15, 0.2) is 54.6 Å². The largest absolute Gasteiger partial charge is 0.289 e. The minimum Gasteiger partial charge on any atom is -0.289 e. The molecule has 3 heteroatoms. The predicted octanol–water partition coefficient (Wildman–Crippen LogP) is 5.18. The molecule has 4 rings (SSSR count). The van der Waals surface area contributed by atoms with Gasteiger partial charge in [-0.2, -0.15) is 0 Å². The Labute approximate surface area is 141 Å². The zero-order valence-electron chi connectivity index (χ0n) is 13.6. The fourth-order valence-electron chi connectivity index (χ4n) is 4.07. The monoisotopic (exact) mass is 325 g/mol. The van der Waals surface area contributed by atoms with Gasteiger partial charge in [0.15, 0.2) is 11.6 Å². The average molecular weight is 325 g/mol. The van der Waals surface area contributed by atoms with Gasteiger partial charge >= 0.3 is 0 Å². The van der Waals surface area contributed by atoms with Crippen molar-refractivity contribution in [2.45, 2.75) is 44.3 Å². The first kappa shape index (κ1) is 15.5. The maximum absolute atomic E-state index is 13.6. The number of nitrogens with zero attached hydrogens (tertiary/aromatic N) is 1. The Hall–Kier alpha value is -2.00. The van der Waals surface area contributed by atoms with Gasteiger partial charge in [-0.1, -0.05) is 48.9 Å². The number of benzene rings is 2. The molecule has 0 aromatic heterocycles. The quantitative estimate of drug-likeness (QED) is 0.752. The topological polar surface area (TPSA) is 3.24 Å². The molecule has 0 radical (unpaired) electrons. The van der Waals surface area contributed by atoms with Gasteiger partial charge in [0, 0.05) is 18.6 Å². The molecule has 1 nitrogen and oxygen atoms in total. The van der Waals surface area contributed by atoms with E-state index >= 15 is 0 Å². The van der Waals surface area contributed by atoms with E-state index in [-0.39, 0.29) is 0 Å². The molecule has 24 heavy (non-hydrogen) atoms. The summed E-state index contributed by atoms with van der Waals surface area (Å²) in [7, 11) is 0. The van der Waals surface area contributed by atoms with E-state index < -0.39 is 11.6 Å². The highest BCUT2D eigenvalue weighted by Gasteiger charge is 2.34. The van der Waals surface area contributed by atoms with Crippen molar-refractivity contribution in [3.63, 3.8) is 0 Å². The minimum atomic E-state index is -0.777. The van der Waals surface area contributed by atoms with Crippen molar-refractivity contribution in [1.29, 1.82) is 0 Å². The fourth-order valence-corrected chi connectivity index (χ4v) is 4.07. The molecule has 2 heterocycles. The molecule has 0 spiro atoms. The van der Waals surface area contributed by atoms with Gasteiger partial charge in [-0.05, 0) is 48.1 Å². The summed E-state index contributed by atoms with van der Waals surface area (Å²) in [5.74, 6) is -1.54. The second-order valence-electron chi connectivity index (χ2n) is 6.83. The molecular formula is C21H21F2N. The van der Waals surface area contributed by atoms with E-state index in [4.69, 9.17) is 0 Å². The number of piperidine rings is 1. The Bertz CT molecular complexity index is 754. The van der Waals surface area contributed by atoms with Crippen LogP contribution in [0.2, 0.25) is 0 Å². The molecule has 1 saturated heterocycles. The van der Waals surface area contributed by atoms with Crippen LogP contribution in [0.25, 0.3) is 5.57 Å². The van der Waals surface area contributed by atoms with E-state index in [0.29, 0.717) is 12.1 Å². The third-order valence-corrected chi connectivity index (χ3v) is 5.28. The van der Waals surface area contributed by atoms with Gasteiger partial charge < -0.3 is 0 Å². The van der Waals surface area contributed by atoms with Crippen LogP contribution in [-0.2, 0) is 6.54 Å². The maximum Gasteiger partial charge on any atom is 0.159 e. The highest BCUT2D eigenvalue weighted by molar-refractivity contribution is 5.67. The zero-order valence-corrected chi connectivity index (χ0v) is 13.6. The molecule has 2 aromatic carbocycles. The summed E-state index contributed by atoms with van der Waals surface area (Å²) in [6, 6.07) is 15.7. The second kappa shape index (κ2) is 6.48. The number of hydrogen-bond donors (Lipinski definition) is 0. The molecule has 0 N–H and O–H groups in total. The van der Waals surface area contributed by atoms with E-state index in [0.717, 1.165) is 30.5 Å². The molecule has 0 aliphatic carbocycles. The number of hydrogen-bond acceptors (Lipinski definition) is 1. The van der Waals surface area contributed by atoms with Crippen molar-refractivity contribution in [3.05, 3.63) is 77.4 Å². The summed E-state index contributed by atoms with van der Waals surface area (Å²) in [4.78, 5) is 2.57. The standard InChI is InChI=1S/C21H21F2N/c22-20-10-9-16(13-21(20)23)17-11-18-7-4-8-19(12-17)24(18)14-15-5-2-1-3-6-15/h1-3,5-6,9-11,13,18-19H,4,7-8,12,14H2. The normalized spacial score (nSPS) is 23.8. The van der Waals surface area contributed by atoms with Crippen LogP contribution in [0.3, 0.4) is 0 Å². The summed E-state index contributed by atoms with van der Waals surface area (Å²) in [6.45, 7) is 0.956. The summed E-state index contributed by atoms with van der Waals surface area (Å²) in [6.07, 6.45) is 6.72. The van der Waals surface area contributed by atoms with Gasteiger partial charge in [0.25, 0.3) is 0 Å². The molecule has 124 valence electrons. The van der Waals surface area contributed by atoms with Crippen LogP contribution in [0.1, 0.15) is 36.8 Å². The van der Waals surface area contributed by atoms with E-state index in [2.05, 4.69) is 35.2 Å². The molecule has 2 aliphatic rings. The van der Waals surface area contributed by atoms with Gasteiger partial charge in [0.1, 0.15) is 0 Å². The smallest absolute Gasteiger partial charge is 0.159 e. The van der Waals surface area contributed by atoms with E-state index in [1.807, 2.05) is 6.07 Å². The van der Waals surface area contributed by atoms with Crippen LogP contribution in [0.5, 0.6) is 0 Å². The highest BCUT2D eigenvalue weighted by Crippen LogP contribution is 2.38. The van der Waals surface area contributed by atoms with E-state index in [1.54, 1.807) is 6.07 Å². The molecule has 1 fully saturated rings. The Morgan fingerprint density at radius 1 is 0.958 bits per heavy atom. The lowest BCUT2D eigenvalue weighted by atomic mass is 9.82. The first-order valence-corrected chi connectivity index (χ1v) is 8.66. The molecule has 0 amide bonds. The van der Waals surface area contributed by atoms with Crippen molar-refractivity contribution in [2.24, 2.45) is 0 Å². The van der Waals surface area contributed by atoms with Crippen molar-refractivity contribution in [1.82, 2.24) is 4.90 Å². The van der Waals surface area contributed by atoms with Gasteiger partial charge in [-0.25, -0.2) is 8.78 Å². The Kier molecular flexibility index (Phi) is 4.19. The lowest BCUT2D eigenvalue weighted by Gasteiger charge is -2.45. The predicted molar refractivity (Wildman–Crippen MR) is 92.4 cm³/mol. The molecule has 0 saturated carbocycles. The van der Waals surface area contributed by atoms with Gasteiger partial charge in [0.2, 0.25) is 0 Å². The maximum atomic E-state index is 13.6. The summed E-state index contributed by atoms with van der Waals surface area (Å²) < 4.78 is 26.8. The van der Waals surface area contributed by atoms with Gasteiger partial charge in [0.05, 0.1) is 0 Å². The van der Waals surface area contributed by atoms with Crippen molar-refractivity contribution in [3.8, 4) is 0 Å². The third-order valence-electron chi connectivity index (χ3n) is 5.28. The molecular weight excluding hydrogens is 304 g/mol. The SMILES string of the molecule is Fc1ccc(C2=CC3CCCC(C2)N3Cc2ccccc2)cc1F. The molecule has 2 unspecified atom stereocenters. The third kappa shape index (κ3) is 3.01. The minimum absolute atomic E-state index is 0.390. The summed E-state index contributed by atoms with van der Waals surface area (Å²) in [5, 5.41) is 0. The average Bonchev–Trinajstić information content (AvgIpc) is 2.58.